The van der Waals surface area contributed by atoms with Gasteiger partial charge < -0.3 is 0 Å². The van der Waals surface area contributed by atoms with E-state index in [0.29, 0.717) is 11.1 Å². The molecule has 0 saturated heterocycles. The van der Waals surface area contributed by atoms with Gasteiger partial charge in [-0.3, -0.25) is 0 Å². The van der Waals surface area contributed by atoms with E-state index >= 15 is 0 Å². The Morgan fingerprint density at radius 2 is 2.08 bits per heavy atom. The highest BCUT2D eigenvalue weighted by Crippen LogP contribution is 2.19. The van der Waals surface area contributed by atoms with Crippen LogP contribution in [0.2, 0.25) is 5.15 Å². The second-order valence-corrected chi connectivity index (χ2v) is 4.01. The highest BCUT2D eigenvalue weighted by Gasteiger charge is 2.03. The van der Waals surface area contributed by atoms with Crippen LogP contribution in [0.5, 0.6) is 0 Å². The minimum absolute atomic E-state index is 0.524. The van der Waals surface area contributed by atoms with E-state index in [1.807, 2.05) is 6.07 Å². The van der Waals surface area contributed by atoms with Gasteiger partial charge >= 0.3 is 0 Å². The number of halogens is 1. The summed E-state index contributed by atoms with van der Waals surface area (Å²) in [6.07, 6.45) is 2.13. The third-order valence-electron chi connectivity index (χ3n) is 2.04. The summed E-state index contributed by atoms with van der Waals surface area (Å²) in [4.78, 5) is 4.27. The Labute approximate surface area is 85.1 Å². The summed E-state index contributed by atoms with van der Waals surface area (Å²) in [6, 6.07) is 4.10. The van der Waals surface area contributed by atoms with E-state index in [9.17, 15) is 0 Å². The van der Waals surface area contributed by atoms with Gasteiger partial charge in [0.05, 0.1) is 0 Å². The molecular formula is C11H16ClN. The fourth-order valence-electron chi connectivity index (χ4n) is 1.29. The van der Waals surface area contributed by atoms with E-state index < -0.39 is 0 Å². The molecule has 0 saturated carbocycles. The number of hydrogen-bond acceptors (Lipinski definition) is 1. The van der Waals surface area contributed by atoms with E-state index in [-0.39, 0.29) is 0 Å². The molecule has 0 atom stereocenters. The van der Waals surface area contributed by atoms with Crippen LogP contribution in [0, 0.1) is 0 Å². The molecule has 0 bridgehead atoms. The van der Waals surface area contributed by atoms with Gasteiger partial charge in [-0.05, 0) is 30.0 Å². The highest BCUT2D eigenvalue weighted by molar-refractivity contribution is 6.29. The zero-order valence-electron chi connectivity index (χ0n) is 8.47. The van der Waals surface area contributed by atoms with E-state index in [1.54, 1.807) is 0 Å². The van der Waals surface area contributed by atoms with Crippen LogP contribution >= 0.6 is 11.6 Å². The van der Waals surface area contributed by atoms with E-state index in [4.69, 9.17) is 11.6 Å². The molecular weight excluding hydrogens is 182 g/mol. The molecule has 0 fully saturated rings. The number of nitrogens with zero attached hydrogens (tertiary/aromatic N) is 1. The van der Waals surface area contributed by atoms with Crippen molar-refractivity contribution >= 4 is 11.6 Å². The maximum Gasteiger partial charge on any atom is 0.129 e. The van der Waals surface area contributed by atoms with Crippen molar-refractivity contribution in [3.05, 3.63) is 28.5 Å². The first-order chi connectivity index (χ1) is 6.13. The van der Waals surface area contributed by atoms with Gasteiger partial charge in [0.1, 0.15) is 5.15 Å². The first-order valence-corrected chi connectivity index (χ1v) is 5.17. The first kappa shape index (κ1) is 10.5. The Balaban J connectivity index is 2.96. The summed E-state index contributed by atoms with van der Waals surface area (Å²) < 4.78 is 0. The molecule has 0 aliphatic rings. The number of aryl methyl sites for hydroxylation is 1. The molecule has 1 aromatic rings. The lowest BCUT2D eigenvalue weighted by atomic mass is 10.0. The summed E-state index contributed by atoms with van der Waals surface area (Å²) in [5, 5.41) is 0.620. The van der Waals surface area contributed by atoms with Crippen LogP contribution in [0.25, 0.3) is 0 Å². The number of pyridine rings is 1. The summed E-state index contributed by atoms with van der Waals surface area (Å²) in [5.74, 6) is 0.524. The van der Waals surface area contributed by atoms with Gasteiger partial charge in [0.15, 0.2) is 0 Å². The molecule has 0 unspecified atom stereocenters. The Bertz CT molecular complexity index is 281. The predicted molar refractivity (Wildman–Crippen MR) is 57.3 cm³/mol. The highest BCUT2D eigenvalue weighted by atomic mass is 35.5. The van der Waals surface area contributed by atoms with Crippen LogP contribution < -0.4 is 0 Å². The molecule has 13 heavy (non-hydrogen) atoms. The molecule has 0 radical (unpaired) electrons. The molecule has 0 aliphatic carbocycles. The maximum atomic E-state index is 5.92. The van der Waals surface area contributed by atoms with E-state index in [1.165, 1.54) is 5.56 Å². The zero-order chi connectivity index (χ0) is 9.84. The third kappa shape index (κ3) is 3.00. The molecule has 0 aromatic carbocycles. The van der Waals surface area contributed by atoms with Gasteiger partial charge in [-0.15, -0.1) is 0 Å². The SMILES string of the molecule is CCCc1cc(C(C)C)cc(Cl)n1. The standard InChI is InChI=1S/C11H16ClN/c1-4-5-10-6-9(8(2)3)7-11(12)13-10/h6-8H,4-5H2,1-3H3. The minimum Gasteiger partial charge on any atom is -0.241 e. The van der Waals surface area contributed by atoms with Gasteiger partial charge in [0.2, 0.25) is 0 Å². The van der Waals surface area contributed by atoms with Crippen LogP contribution in [0.1, 0.15) is 44.4 Å². The van der Waals surface area contributed by atoms with Crippen molar-refractivity contribution in [2.45, 2.75) is 39.5 Å². The molecule has 0 spiro atoms. The third-order valence-corrected chi connectivity index (χ3v) is 2.24. The van der Waals surface area contributed by atoms with Gasteiger partial charge in [0, 0.05) is 5.69 Å². The first-order valence-electron chi connectivity index (χ1n) is 4.79. The lowest BCUT2D eigenvalue weighted by molar-refractivity contribution is 0.835. The average Bonchev–Trinajstić information content (AvgIpc) is 2.03. The number of aromatic nitrogens is 1. The normalized spacial score (nSPS) is 10.8. The molecule has 2 heteroatoms. The number of rotatable bonds is 3. The van der Waals surface area contributed by atoms with Crippen LogP contribution in [0.4, 0.5) is 0 Å². The fourth-order valence-corrected chi connectivity index (χ4v) is 1.53. The second-order valence-electron chi connectivity index (χ2n) is 3.62. The summed E-state index contributed by atoms with van der Waals surface area (Å²) in [5.41, 5.74) is 2.39. The molecule has 1 rings (SSSR count). The van der Waals surface area contributed by atoms with Crippen molar-refractivity contribution in [1.82, 2.24) is 4.98 Å². The van der Waals surface area contributed by atoms with E-state index in [2.05, 4.69) is 31.8 Å². The van der Waals surface area contributed by atoms with Gasteiger partial charge in [-0.25, -0.2) is 4.98 Å². The Hall–Kier alpha value is -0.560. The molecule has 0 aliphatic heterocycles. The second kappa shape index (κ2) is 4.61. The number of hydrogen-bond donors (Lipinski definition) is 0. The van der Waals surface area contributed by atoms with Crippen molar-refractivity contribution in [3.8, 4) is 0 Å². The van der Waals surface area contributed by atoms with Gasteiger partial charge in [0.25, 0.3) is 0 Å². The Morgan fingerprint density at radius 3 is 2.62 bits per heavy atom. The quantitative estimate of drug-likeness (QED) is 0.672. The lowest BCUT2D eigenvalue weighted by Gasteiger charge is -2.07. The summed E-state index contributed by atoms with van der Waals surface area (Å²) in [7, 11) is 0. The summed E-state index contributed by atoms with van der Waals surface area (Å²) in [6.45, 7) is 6.49. The monoisotopic (exact) mass is 197 g/mol. The van der Waals surface area contributed by atoms with E-state index in [0.717, 1.165) is 18.5 Å². The van der Waals surface area contributed by atoms with Crippen LogP contribution in [0.3, 0.4) is 0 Å². The molecule has 1 aromatic heterocycles. The van der Waals surface area contributed by atoms with Crippen LogP contribution in [-0.2, 0) is 6.42 Å². The van der Waals surface area contributed by atoms with Crippen LogP contribution in [0.15, 0.2) is 12.1 Å². The molecule has 1 heterocycles. The van der Waals surface area contributed by atoms with Crippen molar-refractivity contribution in [1.29, 1.82) is 0 Å². The minimum atomic E-state index is 0.524. The average molecular weight is 198 g/mol. The van der Waals surface area contributed by atoms with Crippen molar-refractivity contribution in [2.75, 3.05) is 0 Å². The lowest BCUT2D eigenvalue weighted by Crippen LogP contribution is -1.95. The molecule has 0 amide bonds. The summed E-state index contributed by atoms with van der Waals surface area (Å²) >= 11 is 5.92. The maximum absolute atomic E-state index is 5.92. The Morgan fingerprint density at radius 1 is 1.38 bits per heavy atom. The van der Waals surface area contributed by atoms with Crippen molar-refractivity contribution in [3.63, 3.8) is 0 Å². The van der Waals surface area contributed by atoms with Crippen LogP contribution in [-0.4, -0.2) is 4.98 Å². The molecule has 0 N–H and O–H groups in total. The Kier molecular flexibility index (Phi) is 3.73. The predicted octanol–water partition coefficient (Wildman–Crippen LogP) is 3.81. The molecule has 1 nitrogen and oxygen atoms in total. The molecule has 72 valence electrons. The van der Waals surface area contributed by atoms with Crippen molar-refractivity contribution < 1.29 is 0 Å². The zero-order valence-corrected chi connectivity index (χ0v) is 9.23. The largest absolute Gasteiger partial charge is 0.241 e. The smallest absolute Gasteiger partial charge is 0.129 e. The topological polar surface area (TPSA) is 12.9 Å². The fraction of sp³-hybridized carbons (Fsp3) is 0.545. The van der Waals surface area contributed by atoms with Gasteiger partial charge in [-0.2, -0.15) is 0 Å². The van der Waals surface area contributed by atoms with Gasteiger partial charge in [-0.1, -0.05) is 38.8 Å². The van der Waals surface area contributed by atoms with Crippen molar-refractivity contribution in [2.24, 2.45) is 0 Å².